The van der Waals surface area contributed by atoms with Crippen molar-refractivity contribution < 1.29 is 22.7 Å². The minimum Gasteiger partial charge on any atom is -0.377 e. The molecular formula is C23H17Cl2F3N6O2. The van der Waals surface area contributed by atoms with E-state index in [2.05, 4.69) is 15.4 Å². The second kappa shape index (κ2) is 9.16. The summed E-state index contributed by atoms with van der Waals surface area (Å²) >= 11 is 12.5. The number of anilines is 2. The zero-order chi connectivity index (χ0) is 25.6. The molecule has 2 aromatic carbocycles. The summed E-state index contributed by atoms with van der Waals surface area (Å²) in [5.74, 6) is -0.596. The molecule has 36 heavy (non-hydrogen) atoms. The maximum absolute atomic E-state index is 13.3. The monoisotopic (exact) mass is 536 g/mol. The van der Waals surface area contributed by atoms with E-state index in [1.54, 1.807) is 42.5 Å². The first kappa shape index (κ1) is 24.2. The standard InChI is InChI=1S/C23H17Cl2F3N6O2/c24-15-2-1-3-16(25)20(15)34-8-17(19(32-34)21(29)35)30-13-6-4-12(5-7-13)22-31-18(23(26,27)28)9-33(22)14-10-36-11-14/h1-9,14,30H,10-11H2,(H2,29,35). The fraction of sp³-hybridized carbons (Fsp3) is 0.174. The van der Waals surface area contributed by atoms with Crippen molar-refractivity contribution in [3.8, 4) is 17.1 Å². The van der Waals surface area contributed by atoms with Crippen LogP contribution < -0.4 is 11.1 Å². The van der Waals surface area contributed by atoms with Crippen molar-refractivity contribution in [2.45, 2.75) is 12.2 Å². The van der Waals surface area contributed by atoms with Crippen molar-refractivity contribution in [3.63, 3.8) is 0 Å². The zero-order valence-corrected chi connectivity index (χ0v) is 19.8. The van der Waals surface area contributed by atoms with E-state index in [4.69, 9.17) is 33.7 Å². The number of alkyl halides is 3. The number of rotatable bonds is 6. The second-order valence-electron chi connectivity index (χ2n) is 8.02. The number of halogens is 5. The molecular weight excluding hydrogens is 520 g/mol. The summed E-state index contributed by atoms with van der Waals surface area (Å²) in [4.78, 5) is 15.8. The summed E-state index contributed by atoms with van der Waals surface area (Å²) in [6.07, 6.45) is -2.05. The molecule has 0 aliphatic carbocycles. The number of nitrogens with two attached hydrogens (primary N) is 1. The smallest absolute Gasteiger partial charge is 0.377 e. The molecule has 3 N–H and O–H groups in total. The van der Waals surface area contributed by atoms with Gasteiger partial charge in [0, 0.05) is 17.4 Å². The van der Waals surface area contributed by atoms with Gasteiger partial charge in [-0.2, -0.15) is 18.3 Å². The predicted octanol–water partition coefficient (Wildman–Crippen LogP) is 5.48. The lowest BCUT2D eigenvalue weighted by molar-refractivity contribution is -0.141. The van der Waals surface area contributed by atoms with Crippen LogP contribution in [0.25, 0.3) is 17.1 Å². The molecule has 1 aliphatic rings. The molecule has 1 amide bonds. The third kappa shape index (κ3) is 4.52. The van der Waals surface area contributed by atoms with Crippen molar-refractivity contribution in [1.29, 1.82) is 0 Å². The number of benzene rings is 2. The molecule has 13 heteroatoms. The van der Waals surface area contributed by atoms with Gasteiger partial charge in [0.25, 0.3) is 5.91 Å². The molecule has 0 saturated carbocycles. The molecule has 1 fully saturated rings. The number of hydrogen-bond donors (Lipinski definition) is 2. The first-order valence-electron chi connectivity index (χ1n) is 10.6. The highest BCUT2D eigenvalue weighted by molar-refractivity contribution is 6.37. The van der Waals surface area contributed by atoms with Crippen molar-refractivity contribution in [1.82, 2.24) is 19.3 Å². The van der Waals surface area contributed by atoms with Gasteiger partial charge in [0.2, 0.25) is 0 Å². The second-order valence-corrected chi connectivity index (χ2v) is 8.83. The number of aromatic nitrogens is 4. The van der Waals surface area contributed by atoms with Crippen LogP contribution in [0.15, 0.2) is 54.9 Å². The Hall–Kier alpha value is -3.54. The average molecular weight is 537 g/mol. The molecule has 0 atom stereocenters. The van der Waals surface area contributed by atoms with Gasteiger partial charge in [-0.3, -0.25) is 4.79 Å². The molecule has 1 saturated heterocycles. The maximum atomic E-state index is 13.3. The van der Waals surface area contributed by atoms with E-state index >= 15 is 0 Å². The van der Waals surface area contributed by atoms with Crippen molar-refractivity contribution in [3.05, 3.63) is 76.3 Å². The topological polar surface area (TPSA) is 100.0 Å². The van der Waals surface area contributed by atoms with Crippen molar-refractivity contribution in [2.75, 3.05) is 18.5 Å². The highest BCUT2D eigenvalue weighted by Crippen LogP contribution is 2.35. The molecule has 3 heterocycles. The number of primary amides is 1. The van der Waals surface area contributed by atoms with Crippen LogP contribution in [0.2, 0.25) is 10.0 Å². The molecule has 8 nitrogen and oxygen atoms in total. The molecule has 0 radical (unpaired) electrons. The van der Waals surface area contributed by atoms with Crippen molar-refractivity contribution >= 4 is 40.5 Å². The largest absolute Gasteiger partial charge is 0.434 e. The highest BCUT2D eigenvalue weighted by Gasteiger charge is 2.36. The number of carbonyl (C=O) groups excluding carboxylic acids is 1. The number of carbonyl (C=O) groups is 1. The normalized spacial score (nSPS) is 14.0. The van der Waals surface area contributed by atoms with Crippen LogP contribution in [0.1, 0.15) is 22.2 Å². The lowest BCUT2D eigenvalue weighted by Gasteiger charge is -2.28. The van der Waals surface area contributed by atoms with Crippen LogP contribution in [0.5, 0.6) is 0 Å². The lowest BCUT2D eigenvalue weighted by atomic mass is 10.1. The van der Waals surface area contributed by atoms with Gasteiger partial charge in [-0.15, -0.1) is 0 Å². The van der Waals surface area contributed by atoms with Crippen LogP contribution in [-0.2, 0) is 10.9 Å². The Morgan fingerprint density at radius 1 is 1.08 bits per heavy atom. The van der Waals surface area contributed by atoms with E-state index in [0.29, 0.717) is 45.9 Å². The molecule has 0 spiro atoms. The number of imidazole rings is 1. The summed E-state index contributed by atoms with van der Waals surface area (Å²) in [6, 6.07) is 11.2. The molecule has 5 rings (SSSR count). The summed E-state index contributed by atoms with van der Waals surface area (Å²) in [7, 11) is 0. The van der Waals surface area contributed by atoms with Gasteiger partial charge >= 0.3 is 6.18 Å². The lowest BCUT2D eigenvalue weighted by Crippen LogP contribution is -2.30. The van der Waals surface area contributed by atoms with Crippen LogP contribution >= 0.6 is 23.2 Å². The van der Waals surface area contributed by atoms with Gasteiger partial charge in [-0.1, -0.05) is 29.3 Å². The fourth-order valence-electron chi connectivity index (χ4n) is 3.73. The van der Waals surface area contributed by atoms with E-state index < -0.39 is 17.8 Å². The molecule has 1 aliphatic heterocycles. The van der Waals surface area contributed by atoms with E-state index in [0.717, 1.165) is 6.20 Å². The van der Waals surface area contributed by atoms with E-state index in [1.165, 1.54) is 15.4 Å². The molecule has 186 valence electrons. The Labute approximate surface area is 212 Å². The predicted molar refractivity (Wildman–Crippen MR) is 128 cm³/mol. The molecule has 2 aromatic heterocycles. The van der Waals surface area contributed by atoms with E-state index in [-0.39, 0.29) is 17.6 Å². The van der Waals surface area contributed by atoms with Crippen LogP contribution in [0.4, 0.5) is 24.5 Å². The summed E-state index contributed by atoms with van der Waals surface area (Å²) in [5.41, 5.74) is 6.17. The quantitative estimate of drug-likeness (QED) is 0.340. The number of para-hydroxylation sites is 1. The van der Waals surface area contributed by atoms with Gasteiger partial charge in [-0.25, -0.2) is 9.67 Å². The SMILES string of the molecule is NC(=O)c1nn(-c2c(Cl)cccc2Cl)cc1Nc1ccc(-c2nc(C(F)(F)F)cn2C2COC2)cc1. The van der Waals surface area contributed by atoms with E-state index in [1.807, 2.05) is 0 Å². The Balaban J connectivity index is 1.46. The van der Waals surface area contributed by atoms with Crippen LogP contribution in [0, 0.1) is 0 Å². The third-order valence-electron chi connectivity index (χ3n) is 5.57. The first-order valence-corrected chi connectivity index (χ1v) is 11.3. The van der Waals surface area contributed by atoms with Gasteiger partial charge in [-0.05, 0) is 36.4 Å². The van der Waals surface area contributed by atoms with Crippen LogP contribution in [-0.4, -0.2) is 38.5 Å². The molecule has 4 aromatic rings. The minimum atomic E-state index is -4.57. The molecule has 0 bridgehead atoms. The third-order valence-corrected chi connectivity index (χ3v) is 6.18. The Morgan fingerprint density at radius 2 is 1.75 bits per heavy atom. The summed E-state index contributed by atoms with van der Waals surface area (Å²) < 4.78 is 47.8. The Bertz CT molecular complexity index is 1430. The Kier molecular flexibility index (Phi) is 6.15. The maximum Gasteiger partial charge on any atom is 0.434 e. The van der Waals surface area contributed by atoms with Gasteiger partial charge in [0.1, 0.15) is 11.5 Å². The summed E-state index contributed by atoms with van der Waals surface area (Å²) in [6.45, 7) is 0.630. The van der Waals surface area contributed by atoms with Gasteiger partial charge < -0.3 is 20.4 Å². The molecule has 0 unspecified atom stereocenters. The average Bonchev–Trinajstić information content (AvgIpc) is 3.38. The number of nitrogens with zero attached hydrogens (tertiary/aromatic N) is 4. The number of ether oxygens (including phenoxy) is 1. The van der Waals surface area contributed by atoms with Gasteiger partial charge in [0.15, 0.2) is 11.4 Å². The van der Waals surface area contributed by atoms with Gasteiger partial charge in [0.05, 0.1) is 41.2 Å². The highest BCUT2D eigenvalue weighted by atomic mass is 35.5. The number of hydrogen-bond acceptors (Lipinski definition) is 5. The number of nitrogens with one attached hydrogen (secondary N) is 1. The zero-order valence-electron chi connectivity index (χ0n) is 18.3. The fourth-order valence-corrected chi connectivity index (χ4v) is 4.30. The number of amides is 1. The Morgan fingerprint density at radius 3 is 2.31 bits per heavy atom. The minimum absolute atomic E-state index is 0.0505. The summed E-state index contributed by atoms with van der Waals surface area (Å²) in [5, 5.41) is 7.91. The van der Waals surface area contributed by atoms with Crippen molar-refractivity contribution in [2.24, 2.45) is 5.73 Å². The van der Waals surface area contributed by atoms with Crippen LogP contribution in [0.3, 0.4) is 0 Å². The first-order chi connectivity index (χ1) is 17.1. The van der Waals surface area contributed by atoms with E-state index in [9.17, 15) is 18.0 Å².